The summed E-state index contributed by atoms with van der Waals surface area (Å²) >= 11 is 9.61. The van der Waals surface area contributed by atoms with Crippen molar-refractivity contribution in [1.29, 1.82) is 0 Å². The first-order valence-corrected chi connectivity index (χ1v) is 15.6. The van der Waals surface area contributed by atoms with Crippen LogP contribution in [-0.2, 0) is 32.6 Å². The molecule has 1 atom stereocenters. The van der Waals surface area contributed by atoms with Gasteiger partial charge in [-0.05, 0) is 55.3 Å². The predicted molar refractivity (Wildman–Crippen MR) is 162 cm³/mol. The Morgan fingerprint density at radius 1 is 1.00 bits per heavy atom. The second-order valence-electron chi connectivity index (χ2n) is 9.60. The summed E-state index contributed by atoms with van der Waals surface area (Å²) in [6.07, 6.45) is 1.24. The number of nitrogens with one attached hydrogen (secondary N) is 1. The van der Waals surface area contributed by atoms with Gasteiger partial charge in [-0.1, -0.05) is 70.0 Å². The highest BCUT2D eigenvalue weighted by Crippen LogP contribution is 2.33. The lowest BCUT2D eigenvalue weighted by Crippen LogP contribution is -2.54. The summed E-state index contributed by atoms with van der Waals surface area (Å²) in [5.41, 5.74) is 1.76. The van der Waals surface area contributed by atoms with Crippen molar-refractivity contribution < 1.29 is 22.7 Å². The molecule has 1 N–H and O–H groups in total. The average Bonchev–Trinajstić information content (AvgIpc) is 2.89. The molecule has 0 aliphatic rings. The maximum Gasteiger partial charge on any atom is 0.244 e. The Morgan fingerprint density at radius 3 is 2.23 bits per heavy atom. The van der Waals surface area contributed by atoms with Gasteiger partial charge in [0.2, 0.25) is 21.8 Å². The van der Waals surface area contributed by atoms with Crippen LogP contribution in [0, 0.1) is 0 Å². The minimum Gasteiger partial charge on any atom is -0.495 e. The molecule has 0 saturated carbocycles. The SMILES string of the molecule is COc1ccc(Cl)cc1N(CC(=O)N(Cc1ccc(Br)cc1)[C@H](Cc1ccccc1)C(=O)NC(C)C)S(C)(=O)=O. The molecule has 3 aromatic rings. The summed E-state index contributed by atoms with van der Waals surface area (Å²) < 4.78 is 33.1. The van der Waals surface area contributed by atoms with Crippen LogP contribution in [0.2, 0.25) is 5.02 Å². The van der Waals surface area contributed by atoms with E-state index < -0.39 is 28.5 Å². The van der Waals surface area contributed by atoms with Crippen molar-refractivity contribution >= 4 is 55.1 Å². The fourth-order valence-electron chi connectivity index (χ4n) is 4.17. The number of benzene rings is 3. The Kier molecular flexibility index (Phi) is 11.0. The van der Waals surface area contributed by atoms with Crippen LogP contribution < -0.4 is 14.4 Å². The summed E-state index contributed by atoms with van der Waals surface area (Å²) in [4.78, 5) is 29.1. The third kappa shape index (κ3) is 8.71. The van der Waals surface area contributed by atoms with E-state index in [1.165, 1.54) is 24.1 Å². The van der Waals surface area contributed by atoms with E-state index >= 15 is 0 Å². The molecule has 2 amide bonds. The van der Waals surface area contributed by atoms with Crippen LogP contribution in [-0.4, -0.2) is 57.1 Å². The van der Waals surface area contributed by atoms with Crippen molar-refractivity contribution in [3.63, 3.8) is 0 Å². The van der Waals surface area contributed by atoms with Crippen molar-refractivity contribution in [3.8, 4) is 5.75 Å². The van der Waals surface area contributed by atoms with Crippen LogP contribution in [0.1, 0.15) is 25.0 Å². The topological polar surface area (TPSA) is 96.0 Å². The molecule has 0 bridgehead atoms. The third-order valence-electron chi connectivity index (χ3n) is 6.06. The monoisotopic (exact) mass is 649 g/mol. The van der Waals surface area contributed by atoms with E-state index in [-0.39, 0.29) is 41.4 Å². The van der Waals surface area contributed by atoms with E-state index in [4.69, 9.17) is 16.3 Å². The van der Waals surface area contributed by atoms with Gasteiger partial charge in [0.25, 0.3) is 0 Å². The van der Waals surface area contributed by atoms with Crippen LogP contribution in [0.25, 0.3) is 0 Å². The van der Waals surface area contributed by atoms with Crippen LogP contribution in [0.4, 0.5) is 5.69 Å². The second kappa shape index (κ2) is 14.0. The standard InChI is InChI=1S/C29H33BrClN3O5S/c1-20(2)32-29(36)26(16-21-8-6-5-7-9-21)33(18-22-10-12-23(30)13-11-22)28(35)19-34(40(4,37)38)25-17-24(31)14-15-27(25)39-3/h5-15,17,20,26H,16,18-19H2,1-4H3,(H,32,36)/t26-/m1/s1. The second-order valence-corrected chi connectivity index (χ2v) is 12.9. The van der Waals surface area contributed by atoms with Crippen LogP contribution >= 0.6 is 27.5 Å². The molecule has 8 nitrogen and oxygen atoms in total. The first-order valence-electron chi connectivity index (χ1n) is 12.6. The van der Waals surface area contributed by atoms with Gasteiger partial charge in [0.05, 0.1) is 19.1 Å². The van der Waals surface area contributed by atoms with Gasteiger partial charge in [-0.2, -0.15) is 0 Å². The number of nitrogens with zero attached hydrogens (tertiary/aromatic N) is 2. The van der Waals surface area contributed by atoms with Gasteiger partial charge in [-0.15, -0.1) is 0 Å². The Hall–Kier alpha value is -3.08. The Labute approximate surface area is 249 Å². The number of hydrogen-bond donors (Lipinski definition) is 1. The lowest BCUT2D eigenvalue weighted by Gasteiger charge is -2.34. The van der Waals surface area contributed by atoms with Crippen molar-refractivity contribution in [2.45, 2.75) is 38.9 Å². The van der Waals surface area contributed by atoms with Gasteiger partial charge in [-0.3, -0.25) is 13.9 Å². The zero-order valence-electron chi connectivity index (χ0n) is 22.8. The Bertz CT molecular complexity index is 1420. The molecule has 214 valence electrons. The molecule has 0 unspecified atom stereocenters. The fourth-order valence-corrected chi connectivity index (χ4v) is 5.45. The molecule has 0 spiro atoms. The van der Waals surface area contributed by atoms with Gasteiger partial charge in [0.15, 0.2) is 0 Å². The molecule has 0 heterocycles. The molecule has 0 aliphatic heterocycles. The van der Waals surface area contributed by atoms with Crippen molar-refractivity contribution in [2.75, 3.05) is 24.2 Å². The molecule has 40 heavy (non-hydrogen) atoms. The van der Waals surface area contributed by atoms with Crippen LogP contribution in [0.3, 0.4) is 0 Å². The smallest absolute Gasteiger partial charge is 0.244 e. The number of ether oxygens (including phenoxy) is 1. The number of methoxy groups -OCH3 is 1. The Morgan fingerprint density at radius 2 is 1.65 bits per heavy atom. The van der Waals surface area contributed by atoms with Gasteiger partial charge in [0.1, 0.15) is 18.3 Å². The van der Waals surface area contributed by atoms with E-state index in [0.717, 1.165) is 26.2 Å². The largest absolute Gasteiger partial charge is 0.495 e. The number of carbonyl (C=O) groups excluding carboxylic acids is 2. The molecular formula is C29H33BrClN3O5S. The highest BCUT2D eigenvalue weighted by atomic mass is 79.9. The lowest BCUT2D eigenvalue weighted by atomic mass is 10.0. The van der Waals surface area contributed by atoms with Crippen molar-refractivity contribution in [3.05, 3.63) is 93.4 Å². The third-order valence-corrected chi connectivity index (χ3v) is 7.95. The van der Waals surface area contributed by atoms with Crippen LogP contribution in [0.15, 0.2) is 77.3 Å². The lowest BCUT2D eigenvalue weighted by molar-refractivity contribution is -0.140. The number of hydrogen-bond acceptors (Lipinski definition) is 5. The van der Waals surface area contributed by atoms with E-state index in [1.54, 1.807) is 6.07 Å². The normalized spacial score (nSPS) is 12.1. The highest BCUT2D eigenvalue weighted by Gasteiger charge is 2.34. The number of halogens is 2. The zero-order valence-corrected chi connectivity index (χ0v) is 26.0. The minimum absolute atomic E-state index is 0.0827. The molecule has 11 heteroatoms. The van der Waals surface area contributed by atoms with E-state index in [9.17, 15) is 18.0 Å². The average molecular weight is 651 g/mol. The van der Waals surface area contributed by atoms with Gasteiger partial charge in [0, 0.05) is 28.5 Å². The maximum atomic E-state index is 14.1. The van der Waals surface area contributed by atoms with Gasteiger partial charge in [-0.25, -0.2) is 8.42 Å². The first kappa shape index (κ1) is 31.4. The van der Waals surface area contributed by atoms with Crippen LogP contribution in [0.5, 0.6) is 5.75 Å². The molecule has 0 saturated heterocycles. The number of amides is 2. The van der Waals surface area contributed by atoms with E-state index in [0.29, 0.717) is 0 Å². The predicted octanol–water partition coefficient (Wildman–Crippen LogP) is 5.04. The summed E-state index contributed by atoms with van der Waals surface area (Å²) in [6, 6.07) is 20.2. The molecule has 0 aromatic heterocycles. The summed E-state index contributed by atoms with van der Waals surface area (Å²) in [5.74, 6) is -0.661. The summed E-state index contributed by atoms with van der Waals surface area (Å²) in [6.45, 7) is 3.20. The maximum absolute atomic E-state index is 14.1. The summed E-state index contributed by atoms with van der Waals surface area (Å²) in [5, 5.41) is 3.20. The zero-order chi connectivity index (χ0) is 29.4. The number of anilines is 1. The van der Waals surface area contributed by atoms with E-state index in [2.05, 4.69) is 21.2 Å². The quantitative estimate of drug-likeness (QED) is 0.296. The number of sulfonamides is 1. The molecular weight excluding hydrogens is 618 g/mol. The van der Waals surface area contributed by atoms with E-state index in [1.807, 2.05) is 68.4 Å². The first-order chi connectivity index (χ1) is 18.9. The number of rotatable bonds is 12. The molecule has 0 aliphatic carbocycles. The molecule has 0 fully saturated rings. The minimum atomic E-state index is -3.96. The molecule has 3 aromatic carbocycles. The van der Waals surface area contributed by atoms with Crippen molar-refractivity contribution in [2.24, 2.45) is 0 Å². The highest BCUT2D eigenvalue weighted by molar-refractivity contribution is 9.10. The Balaban J connectivity index is 2.09. The molecule has 3 rings (SSSR count). The van der Waals surface area contributed by atoms with Gasteiger partial charge >= 0.3 is 0 Å². The van der Waals surface area contributed by atoms with Gasteiger partial charge < -0.3 is 15.0 Å². The van der Waals surface area contributed by atoms with Crippen molar-refractivity contribution in [1.82, 2.24) is 10.2 Å². The molecule has 0 radical (unpaired) electrons. The summed E-state index contributed by atoms with van der Waals surface area (Å²) in [7, 11) is -2.55. The number of carbonyl (C=O) groups is 2. The fraction of sp³-hybridized carbons (Fsp3) is 0.310.